The Kier molecular flexibility index (Phi) is 3.72. The van der Waals surface area contributed by atoms with E-state index >= 15 is 0 Å². The standard InChI is InChI=1S/C22H16F3N/c1-13-9-14(2)11-16(10-13)21-19-6-4-15-3-5-17(22(23,24)25)12-20(15)18(19)7-8-26-21/h3-12H,1-2H3. The molecule has 0 unspecified atom stereocenters. The van der Waals surface area contributed by atoms with Crippen molar-refractivity contribution >= 4 is 21.5 Å². The SMILES string of the molecule is Cc1cc(C)cc(-c2nccc3c2ccc2ccc(C(F)(F)F)cc23)c1. The summed E-state index contributed by atoms with van der Waals surface area (Å²) in [6.45, 7) is 4.04. The molecular weight excluding hydrogens is 335 g/mol. The lowest BCUT2D eigenvalue weighted by molar-refractivity contribution is -0.137. The highest BCUT2D eigenvalue weighted by Crippen LogP contribution is 2.36. The summed E-state index contributed by atoms with van der Waals surface area (Å²) in [5.74, 6) is 0. The van der Waals surface area contributed by atoms with Crippen molar-refractivity contribution < 1.29 is 13.2 Å². The minimum Gasteiger partial charge on any atom is -0.256 e. The molecule has 4 rings (SSSR count). The summed E-state index contributed by atoms with van der Waals surface area (Å²) in [5.41, 5.74) is 3.37. The van der Waals surface area contributed by atoms with Crippen LogP contribution >= 0.6 is 0 Å². The topological polar surface area (TPSA) is 12.9 Å². The van der Waals surface area contributed by atoms with Crippen molar-refractivity contribution in [2.24, 2.45) is 0 Å². The number of halogens is 3. The molecule has 1 aromatic heterocycles. The van der Waals surface area contributed by atoms with Gasteiger partial charge in [0.05, 0.1) is 11.3 Å². The third-order valence-electron chi connectivity index (χ3n) is 4.59. The molecule has 26 heavy (non-hydrogen) atoms. The normalized spacial score (nSPS) is 12.0. The van der Waals surface area contributed by atoms with Gasteiger partial charge in [0.1, 0.15) is 0 Å². The van der Waals surface area contributed by atoms with Crippen molar-refractivity contribution in [2.45, 2.75) is 20.0 Å². The Morgan fingerprint density at radius 2 is 1.42 bits per heavy atom. The lowest BCUT2D eigenvalue weighted by atomic mass is 9.96. The van der Waals surface area contributed by atoms with Crippen LogP contribution in [-0.2, 0) is 6.18 Å². The molecule has 0 aliphatic carbocycles. The number of alkyl halides is 3. The quantitative estimate of drug-likeness (QED) is 0.348. The third kappa shape index (κ3) is 2.81. The highest BCUT2D eigenvalue weighted by atomic mass is 19.4. The number of aryl methyl sites for hydroxylation is 2. The molecule has 0 radical (unpaired) electrons. The van der Waals surface area contributed by atoms with E-state index in [9.17, 15) is 13.2 Å². The van der Waals surface area contributed by atoms with Gasteiger partial charge in [0.15, 0.2) is 0 Å². The van der Waals surface area contributed by atoms with Crippen LogP contribution in [-0.4, -0.2) is 4.98 Å². The molecule has 0 atom stereocenters. The molecule has 0 amide bonds. The molecule has 1 nitrogen and oxygen atoms in total. The first-order valence-corrected chi connectivity index (χ1v) is 8.30. The van der Waals surface area contributed by atoms with Crippen LogP contribution in [0, 0.1) is 13.8 Å². The van der Waals surface area contributed by atoms with E-state index in [1.165, 1.54) is 12.1 Å². The number of fused-ring (bicyclic) bond motifs is 3. The maximum absolute atomic E-state index is 13.1. The Bertz CT molecular complexity index is 1120. The summed E-state index contributed by atoms with van der Waals surface area (Å²) >= 11 is 0. The first-order valence-electron chi connectivity index (χ1n) is 8.30. The van der Waals surface area contributed by atoms with Gasteiger partial charge in [0.25, 0.3) is 0 Å². The van der Waals surface area contributed by atoms with Crippen LogP contribution in [0.3, 0.4) is 0 Å². The van der Waals surface area contributed by atoms with Gasteiger partial charge in [-0.25, -0.2) is 0 Å². The van der Waals surface area contributed by atoms with Crippen molar-refractivity contribution in [2.75, 3.05) is 0 Å². The molecule has 0 saturated carbocycles. The molecule has 3 aromatic carbocycles. The van der Waals surface area contributed by atoms with Crippen LogP contribution in [0.25, 0.3) is 32.8 Å². The second-order valence-corrected chi connectivity index (χ2v) is 6.63. The van der Waals surface area contributed by atoms with Crippen molar-refractivity contribution in [3.05, 3.63) is 77.5 Å². The zero-order chi connectivity index (χ0) is 18.5. The van der Waals surface area contributed by atoms with Gasteiger partial charge < -0.3 is 0 Å². The second-order valence-electron chi connectivity index (χ2n) is 6.63. The number of benzene rings is 3. The minimum absolute atomic E-state index is 0.588. The highest BCUT2D eigenvalue weighted by Gasteiger charge is 2.30. The van der Waals surface area contributed by atoms with Gasteiger partial charge in [-0.1, -0.05) is 35.4 Å². The smallest absolute Gasteiger partial charge is 0.256 e. The Morgan fingerprint density at radius 3 is 2.12 bits per heavy atom. The van der Waals surface area contributed by atoms with Gasteiger partial charge in [-0.15, -0.1) is 0 Å². The van der Waals surface area contributed by atoms with E-state index in [1.54, 1.807) is 12.3 Å². The number of hydrogen-bond donors (Lipinski definition) is 0. The third-order valence-corrected chi connectivity index (χ3v) is 4.59. The van der Waals surface area contributed by atoms with Gasteiger partial charge >= 0.3 is 6.18 Å². The second kappa shape index (κ2) is 5.84. The fourth-order valence-electron chi connectivity index (χ4n) is 3.50. The van der Waals surface area contributed by atoms with Crippen LogP contribution < -0.4 is 0 Å². The maximum Gasteiger partial charge on any atom is 0.416 e. The predicted octanol–water partition coefficient (Wildman–Crippen LogP) is 6.69. The molecule has 0 aliphatic heterocycles. The molecule has 0 bridgehead atoms. The van der Waals surface area contributed by atoms with Crippen LogP contribution in [0.5, 0.6) is 0 Å². The molecule has 0 N–H and O–H groups in total. The predicted molar refractivity (Wildman–Crippen MR) is 99.2 cm³/mol. The van der Waals surface area contributed by atoms with E-state index in [1.807, 2.05) is 38.1 Å². The van der Waals surface area contributed by atoms with Gasteiger partial charge in [-0.3, -0.25) is 4.98 Å². The van der Waals surface area contributed by atoms with Crippen LogP contribution in [0.2, 0.25) is 0 Å². The molecule has 0 aliphatic rings. The van der Waals surface area contributed by atoms with Gasteiger partial charge in [0.2, 0.25) is 0 Å². The fourth-order valence-corrected chi connectivity index (χ4v) is 3.50. The summed E-state index contributed by atoms with van der Waals surface area (Å²) in [6.07, 6.45) is -2.70. The zero-order valence-electron chi connectivity index (χ0n) is 14.4. The largest absolute Gasteiger partial charge is 0.416 e. The minimum atomic E-state index is -4.36. The fraction of sp³-hybridized carbons (Fsp3) is 0.136. The summed E-state index contributed by atoms with van der Waals surface area (Å²) in [6, 6.07) is 15.6. The van der Waals surface area contributed by atoms with Gasteiger partial charge in [-0.05, 0) is 60.3 Å². The maximum atomic E-state index is 13.1. The number of aromatic nitrogens is 1. The van der Waals surface area contributed by atoms with Crippen LogP contribution in [0.4, 0.5) is 13.2 Å². The number of rotatable bonds is 1. The number of nitrogens with zero attached hydrogens (tertiary/aromatic N) is 1. The van der Waals surface area contributed by atoms with Crippen molar-refractivity contribution in [1.29, 1.82) is 0 Å². The number of pyridine rings is 1. The summed E-state index contributed by atoms with van der Waals surface area (Å²) < 4.78 is 39.4. The van der Waals surface area contributed by atoms with Crippen molar-refractivity contribution in [3.63, 3.8) is 0 Å². The summed E-state index contributed by atoms with van der Waals surface area (Å²) in [4.78, 5) is 4.52. The Balaban J connectivity index is 2.04. The van der Waals surface area contributed by atoms with E-state index in [2.05, 4.69) is 11.1 Å². The lowest BCUT2D eigenvalue weighted by Crippen LogP contribution is -2.04. The van der Waals surface area contributed by atoms with Crippen LogP contribution in [0.1, 0.15) is 16.7 Å². The van der Waals surface area contributed by atoms with E-state index in [4.69, 9.17) is 0 Å². The van der Waals surface area contributed by atoms with E-state index < -0.39 is 11.7 Å². The molecule has 0 saturated heterocycles. The summed E-state index contributed by atoms with van der Waals surface area (Å²) in [5, 5.41) is 3.00. The first kappa shape index (κ1) is 16.6. The molecule has 4 aromatic rings. The average molecular weight is 351 g/mol. The molecule has 0 fully saturated rings. The van der Waals surface area contributed by atoms with Crippen LogP contribution in [0.15, 0.2) is 60.8 Å². The summed E-state index contributed by atoms with van der Waals surface area (Å²) in [7, 11) is 0. The zero-order valence-corrected chi connectivity index (χ0v) is 14.4. The van der Waals surface area contributed by atoms with Crippen molar-refractivity contribution in [3.8, 4) is 11.3 Å². The Labute approximate surface area is 149 Å². The average Bonchev–Trinajstić information content (AvgIpc) is 2.59. The number of hydrogen-bond acceptors (Lipinski definition) is 1. The highest BCUT2D eigenvalue weighted by molar-refractivity contribution is 6.11. The van der Waals surface area contributed by atoms with E-state index in [-0.39, 0.29) is 0 Å². The molecule has 130 valence electrons. The lowest BCUT2D eigenvalue weighted by Gasteiger charge is -2.12. The first-order chi connectivity index (χ1) is 12.3. The van der Waals surface area contributed by atoms with E-state index in [0.717, 1.165) is 44.6 Å². The monoisotopic (exact) mass is 351 g/mol. The molecular formula is C22H16F3N. The Morgan fingerprint density at radius 1 is 0.731 bits per heavy atom. The van der Waals surface area contributed by atoms with Gasteiger partial charge in [-0.2, -0.15) is 13.2 Å². The molecule has 1 heterocycles. The van der Waals surface area contributed by atoms with E-state index in [0.29, 0.717) is 5.39 Å². The van der Waals surface area contributed by atoms with Gasteiger partial charge in [0, 0.05) is 17.1 Å². The van der Waals surface area contributed by atoms with Crippen molar-refractivity contribution in [1.82, 2.24) is 4.98 Å². The molecule has 4 heteroatoms. The Hall–Kier alpha value is -2.88. The molecule has 0 spiro atoms.